The first-order valence-corrected chi connectivity index (χ1v) is 8.57. The first-order chi connectivity index (χ1) is 11.4. The molecule has 1 atom stereocenters. The topological polar surface area (TPSA) is 87.1 Å². The minimum atomic E-state index is -1.08. The van der Waals surface area contributed by atoms with Crippen LogP contribution in [0.2, 0.25) is 0 Å². The summed E-state index contributed by atoms with van der Waals surface area (Å²) in [6.45, 7) is 3.89. The standard InChI is InChI=1S/C16H17NO5S2/c1-3-10(15(20)21)17-14(19)13(24-16(17)23)8-9-5-6-11(18)12(7-9)22-4-2/h5-8,10,18H,3-4H2,1-2H3,(H,20,21). The Morgan fingerprint density at radius 3 is 2.75 bits per heavy atom. The number of benzene rings is 1. The molecule has 0 bridgehead atoms. The lowest BCUT2D eigenvalue weighted by Crippen LogP contribution is -2.43. The molecule has 2 N–H and O–H groups in total. The van der Waals surface area contributed by atoms with Crippen LogP contribution in [0.5, 0.6) is 11.5 Å². The van der Waals surface area contributed by atoms with E-state index in [1.807, 2.05) is 0 Å². The Morgan fingerprint density at radius 1 is 1.46 bits per heavy atom. The molecular weight excluding hydrogens is 350 g/mol. The maximum Gasteiger partial charge on any atom is 0.326 e. The van der Waals surface area contributed by atoms with E-state index in [9.17, 15) is 19.8 Å². The predicted molar refractivity (Wildman–Crippen MR) is 96.0 cm³/mol. The van der Waals surface area contributed by atoms with E-state index >= 15 is 0 Å². The number of nitrogens with zero attached hydrogens (tertiary/aromatic N) is 1. The summed E-state index contributed by atoms with van der Waals surface area (Å²) in [7, 11) is 0. The molecule has 1 aliphatic heterocycles. The second-order valence-corrected chi connectivity index (χ2v) is 6.65. The summed E-state index contributed by atoms with van der Waals surface area (Å²) in [4.78, 5) is 25.3. The first-order valence-electron chi connectivity index (χ1n) is 7.34. The number of phenolic OH excluding ortho intramolecular Hbond substituents is 1. The zero-order valence-corrected chi connectivity index (χ0v) is 14.8. The van der Waals surface area contributed by atoms with Crippen LogP contribution < -0.4 is 4.74 Å². The van der Waals surface area contributed by atoms with Gasteiger partial charge in [0, 0.05) is 0 Å². The van der Waals surface area contributed by atoms with E-state index in [1.54, 1.807) is 32.1 Å². The molecule has 0 saturated carbocycles. The summed E-state index contributed by atoms with van der Waals surface area (Å²) in [6, 6.07) is 3.75. The smallest absolute Gasteiger partial charge is 0.326 e. The second-order valence-electron chi connectivity index (χ2n) is 4.97. The van der Waals surface area contributed by atoms with Crippen molar-refractivity contribution in [3.05, 3.63) is 28.7 Å². The molecule has 1 aromatic rings. The lowest BCUT2D eigenvalue weighted by atomic mass is 10.1. The molecule has 1 aromatic carbocycles. The molecule has 1 unspecified atom stereocenters. The van der Waals surface area contributed by atoms with Crippen molar-refractivity contribution in [1.29, 1.82) is 0 Å². The van der Waals surface area contributed by atoms with Crippen molar-refractivity contribution >= 4 is 46.3 Å². The van der Waals surface area contributed by atoms with E-state index in [0.717, 1.165) is 16.7 Å². The van der Waals surface area contributed by atoms with Gasteiger partial charge < -0.3 is 14.9 Å². The number of carboxylic acids is 1. The van der Waals surface area contributed by atoms with Crippen LogP contribution in [0.25, 0.3) is 6.08 Å². The van der Waals surface area contributed by atoms with Crippen molar-refractivity contribution in [2.45, 2.75) is 26.3 Å². The summed E-state index contributed by atoms with van der Waals surface area (Å²) in [5.41, 5.74) is 0.653. The second kappa shape index (κ2) is 7.67. The lowest BCUT2D eigenvalue weighted by Gasteiger charge is -2.21. The van der Waals surface area contributed by atoms with E-state index in [4.69, 9.17) is 17.0 Å². The number of hydrogen-bond donors (Lipinski definition) is 2. The van der Waals surface area contributed by atoms with Gasteiger partial charge in [-0.05, 0) is 37.1 Å². The van der Waals surface area contributed by atoms with Crippen LogP contribution in [0.4, 0.5) is 0 Å². The molecule has 8 heteroatoms. The Balaban J connectivity index is 2.32. The van der Waals surface area contributed by atoms with Gasteiger partial charge in [0.25, 0.3) is 5.91 Å². The number of carbonyl (C=O) groups is 2. The van der Waals surface area contributed by atoms with Crippen LogP contribution in [0.1, 0.15) is 25.8 Å². The largest absolute Gasteiger partial charge is 0.504 e. The summed E-state index contributed by atoms with van der Waals surface area (Å²) in [5.74, 6) is -1.18. The highest BCUT2D eigenvalue weighted by molar-refractivity contribution is 8.26. The summed E-state index contributed by atoms with van der Waals surface area (Å²) >= 11 is 6.22. The molecule has 0 aromatic heterocycles. The SMILES string of the molecule is CCOc1cc(C=C2SC(=S)N(C(CC)C(=O)O)C2=O)ccc1O. The number of ether oxygens (including phenoxy) is 1. The van der Waals surface area contributed by atoms with Gasteiger partial charge in [-0.2, -0.15) is 0 Å². The van der Waals surface area contributed by atoms with E-state index in [1.165, 1.54) is 6.07 Å². The zero-order valence-electron chi connectivity index (χ0n) is 13.2. The quantitative estimate of drug-likeness (QED) is 0.590. The summed E-state index contributed by atoms with van der Waals surface area (Å²) in [6.07, 6.45) is 1.87. The summed E-state index contributed by atoms with van der Waals surface area (Å²) < 4.78 is 5.54. The van der Waals surface area contributed by atoms with Gasteiger partial charge in [-0.15, -0.1) is 0 Å². The Morgan fingerprint density at radius 2 is 2.17 bits per heavy atom. The average Bonchev–Trinajstić information content (AvgIpc) is 2.79. The molecular formula is C16H17NO5S2. The number of carbonyl (C=O) groups excluding carboxylic acids is 1. The maximum atomic E-state index is 12.5. The van der Waals surface area contributed by atoms with Gasteiger partial charge in [0.05, 0.1) is 11.5 Å². The van der Waals surface area contributed by atoms with Gasteiger partial charge in [0.2, 0.25) is 0 Å². The van der Waals surface area contributed by atoms with Gasteiger partial charge in [-0.25, -0.2) is 4.79 Å². The highest BCUT2D eigenvalue weighted by Gasteiger charge is 2.39. The fraction of sp³-hybridized carbons (Fsp3) is 0.312. The van der Waals surface area contributed by atoms with Crippen LogP contribution in [0.3, 0.4) is 0 Å². The molecule has 1 aliphatic rings. The number of hydrogen-bond acceptors (Lipinski definition) is 6. The molecule has 1 saturated heterocycles. The van der Waals surface area contributed by atoms with Gasteiger partial charge in [-0.1, -0.05) is 37.0 Å². The molecule has 128 valence electrons. The monoisotopic (exact) mass is 367 g/mol. The first kappa shape index (κ1) is 18.3. The number of rotatable bonds is 6. The Hall–Kier alpha value is -2.06. The number of phenols is 1. The van der Waals surface area contributed by atoms with Gasteiger partial charge in [0.1, 0.15) is 10.4 Å². The third-order valence-corrected chi connectivity index (χ3v) is 4.72. The molecule has 1 heterocycles. The molecule has 24 heavy (non-hydrogen) atoms. The van der Waals surface area contributed by atoms with E-state index in [-0.39, 0.29) is 16.5 Å². The van der Waals surface area contributed by atoms with Crippen LogP contribution in [-0.2, 0) is 9.59 Å². The van der Waals surface area contributed by atoms with Crippen molar-refractivity contribution < 1.29 is 24.5 Å². The van der Waals surface area contributed by atoms with Crippen LogP contribution in [-0.4, -0.2) is 44.0 Å². The van der Waals surface area contributed by atoms with Crippen molar-refractivity contribution in [2.24, 2.45) is 0 Å². The molecule has 2 rings (SSSR count). The fourth-order valence-corrected chi connectivity index (χ4v) is 3.62. The number of aromatic hydroxyl groups is 1. The van der Waals surface area contributed by atoms with E-state index < -0.39 is 17.9 Å². The highest BCUT2D eigenvalue weighted by Crippen LogP contribution is 2.36. The van der Waals surface area contributed by atoms with Crippen LogP contribution in [0.15, 0.2) is 23.1 Å². The highest BCUT2D eigenvalue weighted by atomic mass is 32.2. The van der Waals surface area contributed by atoms with Crippen molar-refractivity contribution in [1.82, 2.24) is 4.90 Å². The zero-order chi connectivity index (χ0) is 17.9. The minimum absolute atomic E-state index is 0.0125. The number of aliphatic carboxylic acids is 1. The van der Waals surface area contributed by atoms with Gasteiger partial charge in [0.15, 0.2) is 11.5 Å². The van der Waals surface area contributed by atoms with Crippen molar-refractivity contribution in [3.63, 3.8) is 0 Å². The number of carboxylic acid groups (broad SMARTS) is 1. The normalized spacial score (nSPS) is 17.4. The fourth-order valence-electron chi connectivity index (χ4n) is 2.26. The summed E-state index contributed by atoms with van der Waals surface area (Å²) in [5, 5.41) is 19.0. The third-order valence-electron chi connectivity index (χ3n) is 3.39. The third kappa shape index (κ3) is 3.70. The molecule has 0 radical (unpaired) electrons. The van der Waals surface area contributed by atoms with Crippen LogP contribution in [0, 0.1) is 0 Å². The number of thioether (sulfide) groups is 1. The number of amides is 1. The van der Waals surface area contributed by atoms with E-state index in [0.29, 0.717) is 22.8 Å². The molecule has 0 aliphatic carbocycles. The molecule has 6 nitrogen and oxygen atoms in total. The lowest BCUT2D eigenvalue weighted by molar-refractivity contribution is -0.145. The molecule has 1 fully saturated rings. The molecule has 0 spiro atoms. The van der Waals surface area contributed by atoms with E-state index in [2.05, 4.69) is 0 Å². The average molecular weight is 367 g/mol. The van der Waals surface area contributed by atoms with Gasteiger partial charge in [-0.3, -0.25) is 9.69 Å². The van der Waals surface area contributed by atoms with Gasteiger partial charge >= 0.3 is 5.97 Å². The Labute approximate surface area is 149 Å². The maximum absolute atomic E-state index is 12.5. The Bertz CT molecular complexity index is 716. The molecule has 1 amide bonds. The minimum Gasteiger partial charge on any atom is -0.504 e. The van der Waals surface area contributed by atoms with Crippen molar-refractivity contribution in [2.75, 3.05) is 6.61 Å². The predicted octanol–water partition coefficient (Wildman–Crippen LogP) is 2.86. The van der Waals surface area contributed by atoms with Crippen LogP contribution >= 0.6 is 24.0 Å². The van der Waals surface area contributed by atoms with Crippen molar-refractivity contribution in [3.8, 4) is 11.5 Å². The number of thiocarbonyl (C=S) groups is 1. The Kier molecular flexibility index (Phi) is 5.84.